The van der Waals surface area contributed by atoms with E-state index in [1.54, 1.807) is 0 Å². The van der Waals surface area contributed by atoms with Gasteiger partial charge in [-0.3, -0.25) is 0 Å². The molecule has 2 saturated heterocycles. The average molecular weight is 242 g/mol. The predicted molar refractivity (Wildman–Crippen MR) is 66.3 cm³/mol. The first-order valence-electron chi connectivity index (χ1n) is 6.97. The Kier molecular flexibility index (Phi) is 3.81. The lowest BCUT2D eigenvalue weighted by Crippen LogP contribution is -2.48. The molecule has 0 spiro atoms. The molecule has 3 unspecified atom stereocenters. The third-order valence-electron chi connectivity index (χ3n) is 4.50. The van der Waals surface area contributed by atoms with Crippen molar-refractivity contribution in [1.29, 1.82) is 0 Å². The van der Waals surface area contributed by atoms with E-state index in [0.29, 0.717) is 0 Å². The molecule has 17 heavy (non-hydrogen) atoms. The summed E-state index contributed by atoms with van der Waals surface area (Å²) < 4.78 is 5.56. The Bertz CT molecular complexity index is 264. The van der Waals surface area contributed by atoms with E-state index >= 15 is 0 Å². The van der Waals surface area contributed by atoms with Gasteiger partial charge in [0.1, 0.15) is 5.60 Å². The van der Waals surface area contributed by atoms with E-state index in [9.17, 15) is 0 Å². The van der Waals surface area contributed by atoms with E-state index < -0.39 is 0 Å². The molecule has 2 rings (SSSR count). The van der Waals surface area contributed by atoms with Gasteiger partial charge >= 0.3 is 0 Å². The highest BCUT2D eigenvalue weighted by atomic mass is 17.2. The number of hydrogen-bond donors (Lipinski definition) is 0. The van der Waals surface area contributed by atoms with Gasteiger partial charge in [0.2, 0.25) is 0 Å². The quantitative estimate of drug-likeness (QED) is 0.704. The highest BCUT2D eigenvalue weighted by molar-refractivity contribution is 4.93. The van der Waals surface area contributed by atoms with Crippen molar-refractivity contribution in [3.05, 3.63) is 0 Å². The van der Waals surface area contributed by atoms with Crippen molar-refractivity contribution in [2.75, 3.05) is 6.61 Å². The van der Waals surface area contributed by atoms with Crippen LogP contribution in [0.4, 0.5) is 0 Å². The molecule has 2 aliphatic heterocycles. The van der Waals surface area contributed by atoms with E-state index in [4.69, 9.17) is 14.5 Å². The molecular weight excluding hydrogens is 216 g/mol. The van der Waals surface area contributed by atoms with Gasteiger partial charge in [-0.2, -0.15) is 0 Å². The van der Waals surface area contributed by atoms with Crippen LogP contribution in [-0.2, 0) is 14.5 Å². The van der Waals surface area contributed by atoms with Gasteiger partial charge in [0.25, 0.3) is 0 Å². The second kappa shape index (κ2) is 4.87. The van der Waals surface area contributed by atoms with Crippen LogP contribution < -0.4 is 0 Å². The number of rotatable bonds is 4. The van der Waals surface area contributed by atoms with Crippen molar-refractivity contribution >= 4 is 0 Å². The molecule has 3 heteroatoms. The molecule has 0 aromatic heterocycles. The lowest BCUT2D eigenvalue weighted by Gasteiger charge is -2.44. The third-order valence-corrected chi connectivity index (χ3v) is 4.50. The molecule has 0 bridgehead atoms. The van der Waals surface area contributed by atoms with E-state index in [2.05, 4.69) is 27.7 Å². The van der Waals surface area contributed by atoms with Crippen LogP contribution in [0, 0.1) is 11.3 Å². The molecule has 0 radical (unpaired) electrons. The highest BCUT2D eigenvalue weighted by Gasteiger charge is 2.52. The first-order valence-corrected chi connectivity index (χ1v) is 6.97. The summed E-state index contributed by atoms with van der Waals surface area (Å²) in [6.45, 7) is 9.75. The average Bonchev–Trinajstić information content (AvgIpc) is 2.66. The summed E-state index contributed by atoms with van der Waals surface area (Å²) in [5.74, 6) is 0.728. The highest BCUT2D eigenvalue weighted by Crippen LogP contribution is 2.49. The Labute approximate surface area is 105 Å². The smallest absolute Gasteiger partial charge is 0.196 e. The SMILES string of the molecule is CCC(CC)CC1(C)CC2(C)CCOC2OO1. The summed E-state index contributed by atoms with van der Waals surface area (Å²) in [4.78, 5) is 11.1. The Balaban J connectivity index is 2.01. The first kappa shape index (κ1) is 13.3. The van der Waals surface area contributed by atoms with E-state index in [-0.39, 0.29) is 17.3 Å². The zero-order valence-corrected chi connectivity index (χ0v) is 11.6. The van der Waals surface area contributed by atoms with Gasteiger partial charge in [-0.1, -0.05) is 33.6 Å². The van der Waals surface area contributed by atoms with Gasteiger partial charge in [-0.05, 0) is 32.1 Å². The Morgan fingerprint density at radius 1 is 1.24 bits per heavy atom. The maximum absolute atomic E-state index is 5.65. The van der Waals surface area contributed by atoms with Crippen molar-refractivity contribution in [1.82, 2.24) is 0 Å². The normalized spacial score (nSPS) is 41.8. The fourth-order valence-corrected chi connectivity index (χ4v) is 3.37. The lowest BCUT2D eigenvalue weighted by atomic mass is 9.73. The molecule has 0 aliphatic carbocycles. The summed E-state index contributed by atoms with van der Waals surface area (Å²) in [6, 6.07) is 0. The van der Waals surface area contributed by atoms with Gasteiger partial charge < -0.3 is 4.74 Å². The van der Waals surface area contributed by atoms with Crippen molar-refractivity contribution in [2.24, 2.45) is 11.3 Å². The summed E-state index contributed by atoms with van der Waals surface area (Å²) in [7, 11) is 0. The largest absolute Gasteiger partial charge is 0.349 e. The number of hydrogen-bond acceptors (Lipinski definition) is 3. The molecule has 3 atom stereocenters. The fraction of sp³-hybridized carbons (Fsp3) is 1.00. The molecule has 2 heterocycles. The van der Waals surface area contributed by atoms with Crippen LogP contribution in [0.1, 0.15) is 59.8 Å². The van der Waals surface area contributed by atoms with Crippen molar-refractivity contribution in [2.45, 2.75) is 71.7 Å². The van der Waals surface area contributed by atoms with Crippen molar-refractivity contribution in [3.8, 4) is 0 Å². The molecule has 0 aromatic rings. The fourth-order valence-electron chi connectivity index (χ4n) is 3.37. The Morgan fingerprint density at radius 3 is 2.59 bits per heavy atom. The summed E-state index contributed by atoms with van der Waals surface area (Å²) >= 11 is 0. The number of ether oxygens (including phenoxy) is 1. The van der Waals surface area contributed by atoms with Crippen LogP contribution in [0.15, 0.2) is 0 Å². The van der Waals surface area contributed by atoms with Gasteiger partial charge in [0.05, 0.1) is 6.61 Å². The van der Waals surface area contributed by atoms with E-state index in [1.165, 1.54) is 12.8 Å². The first-order chi connectivity index (χ1) is 8.01. The molecule has 3 nitrogen and oxygen atoms in total. The van der Waals surface area contributed by atoms with Crippen LogP contribution in [0.3, 0.4) is 0 Å². The van der Waals surface area contributed by atoms with Crippen LogP contribution >= 0.6 is 0 Å². The maximum Gasteiger partial charge on any atom is 0.196 e. The molecular formula is C14H26O3. The minimum atomic E-state index is -0.155. The number of fused-ring (bicyclic) bond motifs is 1. The summed E-state index contributed by atoms with van der Waals surface area (Å²) in [6.07, 6.45) is 5.48. The summed E-state index contributed by atoms with van der Waals surface area (Å²) in [5, 5.41) is 0. The maximum atomic E-state index is 5.65. The van der Waals surface area contributed by atoms with Gasteiger partial charge in [-0.25, -0.2) is 9.78 Å². The third kappa shape index (κ3) is 2.67. The van der Waals surface area contributed by atoms with E-state index in [1.807, 2.05) is 0 Å². The van der Waals surface area contributed by atoms with Crippen LogP contribution in [-0.4, -0.2) is 18.5 Å². The van der Waals surface area contributed by atoms with Crippen LogP contribution in [0.2, 0.25) is 0 Å². The minimum absolute atomic E-state index is 0.138. The molecule has 2 fully saturated rings. The predicted octanol–water partition coefficient (Wildman–Crippen LogP) is 3.68. The van der Waals surface area contributed by atoms with E-state index in [0.717, 1.165) is 31.8 Å². The monoisotopic (exact) mass is 242 g/mol. The Hall–Kier alpha value is -0.120. The molecule has 0 amide bonds. The van der Waals surface area contributed by atoms with Crippen LogP contribution in [0.5, 0.6) is 0 Å². The van der Waals surface area contributed by atoms with Gasteiger partial charge in [0, 0.05) is 5.41 Å². The molecule has 100 valence electrons. The van der Waals surface area contributed by atoms with Crippen molar-refractivity contribution in [3.63, 3.8) is 0 Å². The second-order valence-corrected chi connectivity index (χ2v) is 6.30. The Morgan fingerprint density at radius 2 is 1.94 bits per heavy atom. The zero-order valence-electron chi connectivity index (χ0n) is 11.6. The lowest BCUT2D eigenvalue weighted by molar-refractivity contribution is -0.463. The van der Waals surface area contributed by atoms with Gasteiger partial charge in [0.15, 0.2) is 6.29 Å². The minimum Gasteiger partial charge on any atom is -0.349 e. The zero-order chi connectivity index (χ0) is 12.5. The van der Waals surface area contributed by atoms with Crippen molar-refractivity contribution < 1.29 is 14.5 Å². The topological polar surface area (TPSA) is 27.7 Å². The second-order valence-electron chi connectivity index (χ2n) is 6.30. The molecule has 0 N–H and O–H groups in total. The molecule has 0 aromatic carbocycles. The van der Waals surface area contributed by atoms with Crippen LogP contribution in [0.25, 0.3) is 0 Å². The van der Waals surface area contributed by atoms with Gasteiger partial charge in [-0.15, -0.1) is 0 Å². The molecule has 0 saturated carbocycles. The molecule has 2 aliphatic rings. The summed E-state index contributed by atoms with van der Waals surface area (Å²) in [5.41, 5.74) is -0.00529. The standard InChI is InChI=1S/C14H26O3/c1-5-11(6-2)9-14(4)10-13(3)7-8-15-12(13)16-17-14/h11-12H,5-10H2,1-4H3.